The van der Waals surface area contributed by atoms with Crippen LogP contribution < -0.4 is 5.32 Å². The first-order chi connectivity index (χ1) is 9.88. The number of pyridine rings is 1. The molecule has 0 unspecified atom stereocenters. The molecule has 0 aliphatic carbocycles. The molecule has 5 nitrogen and oxygen atoms in total. The number of nitrogens with zero attached hydrogens (tertiary/aromatic N) is 1. The van der Waals surface area contributed by atoms with Crippen molar-refractivity contribution in [2.45, 2.75) is 11.4 Å². The van der Waals surface area contributed by atoms with Crippen LogP contribution in [0.2, 0.25) is 0 Å². The first-order valence-electron chi connectivity index (χ1n) is 6.05. The molecule has 0 saturated carbocycles. The highest BCUT2D eigenvalue weighted by Crippen LogP contribution is 2.10. The van der Waals surface area contributed by atoms with E-state index in [0.29, 0.717) is 5.56 Å². The van der Waals surface area contributed by atoms with Crippen molar-refractivity contribution in [3.05, 3.63) is 59.7 Å². The van der Waals surface area contributed by atoms with E-state index in [0.717, 1.165) is 6.26 Å². The third-order valence-corrected chi connectivity index (χ3v) is 3.94. The van der Waals surface area contributed by atoms with Crippen molar-refractivity contribution in [1.82, 2.24) is 10.3 Å². The largest absolute Gasteiger partial charge is 0.348 e. The van der Waals surface area contributed by atoms with Gasteiger partial charge in [-0.2, -0.15) is 4.39 Å². The Morgan fingerprint density at radius 3 is 2.48 bits per heavy atom. The van der Waals surface area contributed by atoms with Crippen molar-refractivity contribution in [1.29, 1.82) is 0 Å². The van der Waals surface area contributed by atoms with Gasteiger partial charge in [0.05, 0.1) is 10.5 Å². The van der Waals surface area contributed by atoms with E-state index in [1.54, 1.807) is 12.1 Å². The molecule has 0 radical (unpaired) electrons. The van der Waals surface area contributed by atoms with E-state index < -0.39 is 21.7 Å². The Balaban J connectivity index is 2.04. The highest BCUT2D eigenvalue weighted by Gasteiger charge is 2.11. The number of amides is 1. The maximum atomic E-state index is 13.3. The summed E-state index contributed by atoms with van der Waals surface area (Å²) in [6, 6.07) is 8.92. The zero-order valence-corrected chi connectivity index (χ0v) is 12.0. The lowest BCUT2D eigenvalue weighted by atomic mass is 10.2. The fourth-order valence-corrected chi connectivity index (χ4v) is 2.32. The van der Waals surface area contributed by atoms with E-state index in [9.17, 15) is 17.6 Å². The van der Waals surface area contributed by atoms with Gasteiger partial charge in [-0.15, -0.1) is 0 Å². The van der Waals surface area contributed by atoms with Crippen molar-refractivity contribution in [3.8, 4) is 0 Å². The van der Waals surface area contributed by atoms with Crippen LogP contribution in [0.1, 0.15) is 15.9 Å². The van der Waals surface area contributed by atoms with Crippen LogP contribution in [0.3, 0.4) is 0 Å². The maximum Gasteiger partial charge on any atom is 0.256 e. The Morgan fingerprint density at radius 2 is 1.90 bits per heavy atom. The van der Waals surface area contributed by atoms with Gasteiger partial charge in [0.2, 0.25) is 5.95 Å². The number of benzene rings is 1. The average molecular weight is 308 g/mol. The van der Waals surface area contributed by atoms with Gasteiger partial charge >= 0.3 is 0 Å². The molecule has 1 aromatic carbocycles. The predicted molar refractivity (Wildman–Crippen MR) is 74.9 cm³/mol. The van der Waals surface area contributed by atoms with Gasteiger partial charge in [0, 0.05) is 19.0 Å². The number of carbonyl (C=O) groups is 1. The minimum absolute atomic E-state index is 0.134. The molecule has 2 aromatic rings. The first-order valence-corrected chi connectivity index (χ1v) is 7.95. The lowest BCUT2D eigenvalue weighted by molar-refractivity contribution is 0.0946. The normalized spacial score (nSPS) is 11.1. The summed E-state index contributed by atoms with van der Waals surface area (Å²) >= 11 is 0. The average Bonchev–Trinajstić information content (AvgIpc) is 2.45. The lowest BCUT2D eigenvalue weighted by Crippen LogP contribution is -2.24. The van der Waals surface area contributed by atoms with E-state index in [1.165, 1.54) is 30.5 Å². The second-order valence-electron chi connectivity index (χ2n) is 4.44. The zero-order chi connectivity index (χ0) is 15.5. The van der Waals surface area contributed by atoms with E-state index in [4.69, 9.17) is 0 Å². The highest BCUT2D eigenvalue weighted by atomic mass is 32.2. The van der Waals surface area contributed by atoms with Gasteiger partial charge in [-0.1, -0.05) is 12.1 Å². The van der Waals surface area contributed by atoms with E-state index in [1.807, 2.05) is 0 Å². The molecule has 1 amide bonds. The Morgan fingerprint density at radius 1 is 1.24 bits per heavy atom. The van der Waals surface area contributed by atoms with Crippen LogP contribution in [0.5, 0.6) is 0 Å². The number of aromatic nitrogens is 1. The van der Waals surface area contributed by atoms with Crippen molar-refractivity contribution in [2.75, 3.05) is 6.26 Å². The summed E-state index contributed by atoms with van der Waals surface area (Å²) < 4.78 is 35.9. The molecule has 1 heterocycles. The van der Waals surface area contributed by atoms with Crippen LogP contribution in [0.25, 0.3) is 0 Å². The van der Waals surface area contributed by atoms with Crippen LogP contribution in [0.15, 0.2) is 47.5 Å². The van der Waals surface area contributed by atoms with Crippen molar-refractivity contribution in [3.63, 3.8) is 0 Å². The van der Waals surface area contributed by atoms with Gasteiger partial charge in [-0.25, -0.2) is 13.4 Å². The number of halogens is 1. The molecule has 0 saturated heterocycles. The summed E-state index contributed by atoms with van der Waals surface area (Å²) in [5, 5.41) is 2.55. The van der Waals surface area contributed by atoms with Crippen molar-refractivity contribution >= 4 is 15.7 Å². The van der Waals surface area contributed by atoms with Gasteiger partial charge in [0.25, 0.3) is 5.91 Å². The summed E-state index contributed by atoms with van der Waals surface area (Å²) in [6.45, 7) is 0.164. The van der Waals surface area contributed by atoms with Crippen LogP contribution in [-0.2, 0) is 16.4 Å². The Labute approximate surface area is 121 Å². The molecule has 1 N–H and O–H groups in total. The van der Waals surface area contributed by atoms with Gasteiger partial charge in [0.15, 0.2) is 9.84 Å². The fraction of sp³-hybridized carbons (Fsp3) is 0.143. The maximum absolute atomic E-state index is 13.3. The van der Waals surface area contributed by atoms with Crippen LogP contribution in [0.4, 0.5) is 4.39 Å². The van der Waals surface area contributed by atoms with Gasteiger partial charge < -0.3 is 5.32 Å². The van der Waals surface area contributed by atoms with Gasteiger partial charge in [-0.3, -0.25) is 4.79 Å². The SMILES string of the molecule is CS(=O)(=O)c1ccc(CNC(=O)c2cccnc2F)cc1. The fourth-order valence-electron chi connectivity index (χ4n) is 1.69. The highest BCUT2D eigenvalue weighted by molar-refractivity contribution is 7.90. The Kier molecular flexibility index (Phi) is 4.32. The number of nitrogens with one attached hydrogen (secondary N) is 1. The molecule has 1 aromatic heterocycles. The van der Waals surface area contributed by atoms with Crippen LogP contribution in [0, 0.1) is 5.95 Å². The summed E-state index contributed by atoms with van der Waals surface area (Å²) in [4.78, 5) is 15.4. The summed E-state index contributed by atoms with van der Waals surface area (Å²) in [6.07, 6.45) is 2.38. The molecule has 0 fully saturated rings. The number of hydrogen-bond donors (Lipinski definition) is 1. The van der Waals surface area contributed by atoms with Gasteiger partial charge in [0.1, 0.15) is 0 Å². The third-order valence-electron chi connectivity index (χ3n) is 2.81. The number of rotatable bonds is 4. The van der Waals surface area contributed by atoms with Gasteiger partial charge in [-0.05, 0) is 29.8 Å². The number of hydrogen-bond acceptors (Lipinski definition) is 4. The second-order valence-corrected chi connectivity index (χ2v) is 6.46. The second kappa shape index (κ2) is 6.01. The Bertz CT molecular complexity index is 758. The van der Waals surface area contributed by atoms with Crippen molar-refractivity contribution < 1.29 is 17.6 Å². The van der Waals surface area contributed by atoms with Crippen molar-refractivity contribution in [2.24, 2.45) is 0 Å². The summed E-state index contributed by atoms with van der Waals surface area (Å²) in [7, 11) is -3.24. The zero-order valence-electron chi connectivity index (χ0n) is 11.2. The standard InChI is InChI=1S/C14H13FN2O3S/c1-21(19,20)11-6-4-10(5-7-11)9-17-14(18)12-3-2-8-16-13(12)15/h2-8H,9H2,1H3,(H,17,18). The molecule has 0 spiro atoms. The molecule has 0 atom stereocenters. The molecule has 21 heavy (non-hydrogen) atoms. The molecule has 2 rings (SSSR count). The molecule has 110 valence electrons. The van der Waals surface area contributed by atoms with E-state index >= 15 is 0 Å². The topological polar surface area (TPSA) is 76.1 Å². The lowest BCUT2D eigenvalue weighted by Gasteiger charge is -2.06. The molecular formula is C14H13FN2O3S. The molecule has 0 aliphatic rings. The summed E-state index contributed by atoms with van der Waals surface area (Å²) in [5.41, 5.74) is 0.574. The molecule has 0 bridgehead atoms. The summed E-state index contributed by atoms with van der Waals surface area (Å²) in [5.74, 6) is -1.41. The number of carbonyl (C=O) groups excluding carboxylic acids is 1. The number of sulfone groups is 1. The molecule has 7 heteroatoms. The Hall–Kier alpha value is -2.28. The third kappa shape index (κ3) is 3.85. The quantitative estimate of drug-likeness (QED) is 0.870. The van der Waals surface area contributed by atoms with E-state index in [-0.39, 0.29) is 17.0 Å². The van der Waals surface area contributed by atoms with Crippen LogP contribution in [-0.4, -0.2) is 25.6 Å². The molecule has 0 aliphatic heterocycles. The van der Waals surface area contributed by atoms with E-state index in [2.05, 4.69) is 10.3 Å². The smallest absolute Gasteiger partial charge is 0.256 e. The monoisotopic (exact) mass is 308 g/mol. The van der Waals surface area contributed by atoms with Crippen LogP contribution >= 0.6 is 0 Å². The predicted octanol–water partition coefficient (Wildman–Crippen LogP) is 1.55. The minimum Gasteiger partial charge on any atom is -0.348 e. The minimum atomic E-state index is -3.24. The molecular weight excluding hydrogens is 295 g/mol. The first kappa shape index (κ1) is 15.1.